The summed E-state index contributed by atoms with van der Waals surface area (Å²) >= 11 is 13.8. The van der Waals surface area contributed by atoms with Crippen molar-refractivity contribution in [3.63, 3.8) is 0 Å². The lowest BCUT2D eigenvalue weighted by Crippen LogP contribution is -2.14. The number of nitrogens with one attached hydrogen (secondary N) is 1. The molecule has 4 rings (SSSR count). The summed E-state index contributed by atoms with van der Waals surface area (Å²) in [6, 6.07) is 14.0. The van der Waals surface area contributed by atoms with E-state index < -0.39 is 0 Å². The smallest absolute Gasteiger partial charge is 0.227 e. The highest BCUT2D eigenvalue weighted by molar-refractivity contribution is 7.22. The van der Waals surface area contributed by atoms with E-state index >= 15 is 0 Å². The van der Waals surface area contributed by atoms with Gasteiger partial charge in [0.25, 0.3) is 0 Å². The molecule has 0 bridgehead atoms. The summed E-state index contributed by atoms with van der Waals surface area (Å²) in [5.74, 6) is 0. The molecule has 0 aliphatic carbocycles. The number of benzene rings is 2. The zero-order chi connectivity index (χ0) is 13.7. The van der Waals surface area contributed by atoms with Gasteiger partial charge in [-0.3, -0.25) is 0 Å². The SMILES string of the molecule is Clc1ccc(-c2c[n+]3c([nH]2)sc2ccccc23)cc1Cl. The minimum atomic E-state index is 0.567. The van der Waals surface area contributed by atoms with Gasteiger partial charge in [0.1, 0.15) is 6.20 Å². The highest BCUT2D eigenvalue weighted by Crippen LogP contribution is 2.29. The van der Waals surface area contributed by atoms with Crippen LogP contribution in [0.5, 0.6) is 0 Å². The van der Waals surface area contributed by atoms with Gasteiger partial charge < -0.3 is 0 Å². The maximum absolute atomic E-state index is 6.08. The molecule has 0 radical (unpaired) electrons. The molecule has 2 aromatic heterocycles. The number of aromatic amines is 1. The Morgan fingerprint density at radius 1 is 1.00 bits per heavy atom. The number of thiazole rings is 1. The monoisotopic (exact) mass is 319 g/mol. The van der Waals surface area contributed by atoms with Crippen molar-refractivity contribution < 1.29 is 4.40 Å². The van der Waals surface area contributed by atoms with Crippen molar-refractivity contribution in [2.45, 2.75) is 0 Å². The lowest BCUT2D eigenvalue weighted by molar-refractivity contribution is -0.475. The van der Waals surface area contributed by atoms with E-state index in [0.29, 0.717) is 10.0 Å². The van der Waals surface area contributed by atoms with Crippen LogP contribution in [0.2, 0.25) is 10.0 Å². The number of nitrogens with zero attached hydrogens (tertiary/aromatic N) is 1. The molecule has 0 aliphatic rings. The molecule has 0 aliphatic heterocycles. The van der Waals surface area contributed by atoms with Gasteiger partial charge in [0.15, 0.2) is 11.2 Å². The van der Waals surface area contributed by atoms with Crippen molar-refractivity contribution in [3.8, 4) is 11.3 Å². The van der Waals surface area contributed by atoms with Gasteiger partial charge in [0.05, 0.1) is 14.7 Å². The Morgan fingerprint density at radius 3 is 2.70 bits per heavy atom. The van der Waals surface area contributed by atoms with E-state index in [1.54, 1.807) is 11.3 Å². The van der Waals surface area contributed by atoms with Crippen LogP contribution in [-0.4, -0.2) is 4.98 Å². The van der Waals surface area contributed by atoms with Crippen molar-refractivity contribution in [1.29, 1.82) is 0 Å². The maximum Gasteiger partial charge on any atom is 0.344 e. The summed E-state index contributed by atoms with van der Waals surface area (Å²) < 4.78 is 3.43. The Labute approximate surface area is 129 Å². The molecule has 98 valence electrons. The fraction of sp³-hybridized carbons (Fsp3) is 0. The summed E-state index contributed by atoms with van der Waals surface area (Å²) in [6.45, 7) is 0. The molecular formula is C15H9Cl2N2S+. The van der Waals surface area contributed by atoms with Crippen molar-refractivity contribution in [2.24, 2.45) is 0 Å². The molecule has 0 spiro atoms. The topological polar surface area (TPSA) is 19.9 Å². The predicted octanol–water partition coefficient (Wildman–Crippen LogP) is 4.94. The third-order valence-electron chi connectivity index (χ3n) is 3.28. The predicted molar refractivity (Wildman–Crippen MR) is 84.8 cm³/mol. The second-order valence-corrected chi connectivity index (χ2v) is 6.39. The quantitative estimate of drug-likeness (QED) is 0.479. The number of imidazole rings is 1. The lowest BCUT2D eigenvalue weighted by atomic mass is 10.2. The van der Waals surface area contributed by atoms with Gasteiger partial charge in [-0.25, -0.2) is 4.98 Å². The fourth-order valence-electron chi connectivity index (χ4n) is 2.31. The molecule has 0 fully saturated rings. The van der Waals surface area contributed by atoms with Gasteiger partial charge in [-0.15, -0.1) is 0 Å². The van der Waals surface area contributed by atoms with Crippen LogP contribution in [0.3, 0.4) is 0 Å². The van der Waals surface area contributed by atoms with E-state index in [-0.39, 0.29) is 0 Å². The summed E-state index contributed by atoms with van der Waals surface area (Å²) in [5.41, 5.74) is 3.26. The van der Waals surface area contributed by atoms with Crippen LogP contribution in [0.4, 0.5) is 0 Å². The summed E-state index contributed by atoms with van der Waals surface area (Å²) in [5, 5.41) is 1.14. The van der Waals surface area contributed by atoms with Crippen LogP contribution < -0.4 is 4.40 Å². The van der Waals surface area contributed by atoms with Crippen molar-refractivity contribution in [1.82, 2.24) is 4.98 Å². The third-order valence-corrected chi connectivity index (χ3v) is 5.08. The maximum atomic E-state index is 6.08. The number of H-pyrrole nitrogens is 1. The van der Waals surface area contributed by atoms with Gasteiger partial charge in [0.2, 0.25) is 0 Å². The Hall–Kier alpha value is -1.55. The molecule has 2 nitrogen and oxygen atoms in total. The van der Waals surface area contributed by atoms with E-state index in [9.17, 15) is 0 Å². The zero-order valence-corrected chi connectivity index (χ0v) is 12.6. The van der Waals surface area contributed by atoms with Gasteiger partial charge in [-0.2, -0.15) is 4.40 Å². The van der Waals surface area contributed by atoms with Crippen molar-refractivity contribution in [3.05, 3.63) is 58.7 Å². The second kappa shape index (κ2) is 4.48. The minimum Gasteiger partial charge on any atom is -0.227 e. The van der Waals surface area contributed by atoms with Gasteiger partial charge in [-0.1, -0.05) is 35.3 Å². The summed E-state index contributed by atoms with van der Waals surface area (Å²) in [4.78, 5) is 4.53. The number of para-hydroxylation sites is 1. The molecule has 0 amide bonds. The van der Waals surface area contributed by atoms with Crippen LogP contribution in [0.1, 0.15) is 0 Å². The Kier molecular flexibility index (Phi) is 2.74. The van der Waals surface area contributed by atoms with Crippen LogP contribution in [0.25, 0.3) is 26.4 Å². The molecular weight excluding hydrogens is 311 g/mol. The normalized spacial score (nSPS) is 11.5. The first-order valence-electron chi connectivity index (χ1n) is 6.10. The van der Waals surface area contributed by atoms with E-state index in [1.807, 2.05) is 24.3 Å². The molecule has 20 heavy (non-hydrogen) atoms. The van der Waals surface area contributed by atoms with Crippen LogP contribution >= 0.6 is 34.5 Å². The molecule has 0 saturated heterocycles. The molecule has 4 aromatic rings. The number of hydrogen-bond acceptors (Lipinski definition) is 1. The van der Waals surface area contributed by atoms with Gasteiger partial charge >= 0.3 is 4.96 Å². The number of hydrogen-bond donors (Lipinski definition) is 1. The summed E-state index contributed by atoms with van der Waals surface area (Å²) in [7, 11) is 0. The highest BCUT2D eigenvalue weighted by atomic mass is 35.5. The van der Waals surface area contributed by atoms with E-state index in [1.165, 1.54) is 10.2 Å². The Balaban J connectivity index is 1.94. The first-order valence-corrected chi connectivity index (χ1v) is 7.67. The molecule has 0 unspecified atom stereocenters. The number of aromatic nitrogens is 2. The van der Waals surface area contributed by atoms with Crippen molar-refractivity contribution in [2.75, 3.05) is 0 Å². The lowest BCUT2D eigenvalue weighted by Gasteiger charge is -1.97. The molecule has 5 heteroatoms. The molecule has 0 saturated carbocycles. The number of halogens is 2. The van der Waals surface area contributed by atoms with Crippen LogP contribution in [0, 0.1) is 0 Å². The van der Waals surface area contributed by atoms with E-state index in [4.69, 9.17) is 23.2 Å². The fourth-order valence-corrected chi connectivity index (χ4v) is 3.64. The van der Waals surface area contributed by atoms with Crippen LogP contribution in [0.15, 0.2) is 48.7 Å². The Morgan fingerprint density at radius 2 is 1.85 bits per heavy atom. The summed E-state index contributed by atoms with van der Waals surface area (Å²) in [6.07, 6.45) is 2.09. The van der Waals surface area contributed by atoms with Gasteiger partial charge in [-0.05, 0) is 41.7 Å². The van der Waals surface area contributed by atoms with Crippen molar-refractivity contribution >= 4 is 49.7 Å². The number of rotatable bonds is 1. The molecule has 2 aromatic carbocycles. The van der Waals surface area contributed by atoms with Crippen LogP contribution in [-0.2, 0) is 0 Å². The average Bonchev–Trinajstić information content (AvgIpc) is 2.99. The zero-order valence-electron chi connectivity index (χ0n) is 10.2. The first-order chi connectivity index (χ1) is 9.72. The van der Waals surface area contributed by atoms with E-state index in [2.05, 4.69) is 33.8 Å². The minimum absolute atomic E-state index is 0.567. The first kappa shape index (κ1) is 12.2. The molecule has 1 N–H and O–H groups in total. The standard InChI is InChI=1S/C15H8Cl2N2S/c16-10-6-5-9(7-11(10)17)12-8-19-13-3-1-2-4-14(13)20-15(19)18-12/h1-8H/p+1. The Bertz CT molecular complexity index is 940. The molecule has 0 atom stereocenters. The second-order valence-electron chi connectivity index (χ2n) is 4.54. The molecule has 2 heterocycles. The van der Waals surface area contributed by atoms with E-state index in [0.717, 1.165) is 16.2 Å². The third kappa shape index (κ3) is 1.82. The largest absolute Gasteiger partial charge is 0.344 e. The highest BCUT2D eigenvalue weighted by Gasteiger charge is 2.17. The average molecular weight is 320 g/mol. The van der Waals surface area contributed by atoms with Gasteiger partial charge in [0, 0.05) is 5.56 Å². The number of fused-ring (bicyclic) bond motifs is 3.